The molecular weight excluding hydrogens is 578 g/mol. The van der Waals surface area contributed by atoms with Gasteiger partial charge >= 0.3 is 0 Å². The first kappa shape index (κ1) is 32.2. The zero-order valence-corrected chi connectivity index (χ0v) is 26.5. The fourth-order valence-corrected chi connectivity index (χ4v) is 5.63. The van der Waals surface area contributed by atoms with E-state index in [4.69, 9.17) is 0 Å². The summed E-state index contributed by atoms with van der Waals surface area (Å²) in [6.07, 6.45) is 5.29. The molecule has 5 rings (SSSR count). The summed E-state index contributed by atoms with van der Waals surface area (Å²) in [4.78, 5) is 50.5. The van der Waals surface area contributed by atoms with Crippen molar-refractivity contribution in [1.82, 2.24) is 14.9 Å². The summed E-state index contributed by atoms with van der Waals surface area (Å²) in [5, 5.41) is 8.91. The van der Waals surface area contributed by atoms with Crippen molar-refractivity contribution in [2.24, 2.45) is 5.41 Å². The van der Waals surface area contributed by atoms with Gasteiger partial charge in [-0.15, -0.1) is 0 Å². The SMILES string of the molecule is CC(C)(C)[C@H](Nc1ncccn1)C(=O)N1CCCC1C(=O)Nc1ccc(CN(Cc2ccc(NC=O)cc2)c2ccccc2)cc1. The van der Waals surface area contributed by atoms with Crippen molar-refractivity contribution in [2.45, 2.75) is 58.8 Å². The number of rotatable bonds is 12. The maximum absolute atomic E-state index is 13.8. The van der Waals surface area contributed by atoms with Crippen molar-refractivity contribution in [3.05, 3.63) is 108 Å². The third-order valence-corrected chi connectivity index (χ3v) is 8.06. The van der Waals surface area contributed by atoms with Gasteiger partial charge in [-0.25, -0.2) is 9.97 Å². The Morgan fingerprint density at radius 3 is 2.09 bits per heavy atom. The molecule has 0 radical (unpaired) electrons. The van der Waals surface area contributed by atoms with Crippen LogP contribution in [0.2, 0.25) is 0 Å². The lowest BCUT2D eigenvalue weighted by Crippen LogP contribution is -2.53. The highest BCUT2D eigenvalue weighted by Gasteiger charge is 2.41. The van der Waals surface area contributed by atoms with E-state index < -0.39 is 17.5 Å². The summed E-state index contributed by atoms with van der Waals surface area (Å²) in [7, 11) is 0. The lowest BCUT2D eigenvalue weighted by molar-refractivity contribution is -0.139. The summed E-state index contributed by atoms with van der Waals surface area (Å²) in [6.45, 7) is 7.81. The van der Waals surface area contributed by atoms with Crippen LogP contribution in [0, 0.1) is 5.41 Å². The summed E-state index contributed by atoms with van der Waals surface area (Å²) in [5.41, 5.74) is 4.28. The molecule has 0 saturated carbocycles. The van der Waals surface area contributed by atoms with Crippen molar-refractivity contribution in [3.8, 4) is 0 Å². The molecule has 1 aromatic heterocycles. The smallest absolute Gasteiger partial charge is 0.247 e. The number of nitrogens with one attached hydrogen (secondary N) is 3. The van der Waals surface area contributed by atoms with Gasteiger partial charge in [0, 0.05) is 49.1 Å². The number of carbonyl (C=O) groups excluding carboxylic acids is 3. The molecule has 1 unspecified atom stereocenters. The minimum Gasteiger partial charge on any atom is -0.363 e. The van der Waals surface area contributed by atoms with Crippen molar-refractivity contribution in [3.63, 3.8) is 0 Å². The summed E-state index contributed by atoms with van der Waals surface area (Å²) in [6, 6.07) is 26.4. The normalized spacial score (nSPS) is 15.1. The Balaban J connectivity index is 1.24. The second kappa shape index (κ2) is 14.7. The van der Waals surface area contributed by atoms with E-state index in [-0.39, 0.29) is 11.8 Å². The Hall–Kier alpha value is -5.25. The van der Waals surface area contributed by atoms with Crippen LogP contribution in [-0.2, 0) is 27.5 Å². The topological polar surface area (TPSA) is 120 Å². The molecule has 10 nitrogen and oxygen atoms in total. The van der Waals surface area contributed by atoms with Crippen LogP contribution in [-0.4, -0.2) is 51.7 Å². The molecule has 4 aromatic rings. The van der Waals surface area contributed by atoms with E-state index in [1.807, 2.05) is 87.5 Å². The number of para-hydroxylation sites is 1. The number of nitrogens with zero attached hydrogens (tertiary/aromatic N) is 4. The Morgan fingerprint density at radius 2 is 1.50 bits per heavy atom. The van der Waals surface area contributed by atoms with Crippen LogP contribution in [0.3, 0.4) is 0 Å². The van der Waals surface area contributed by atoms with Gasteiger partial charge in [0.25, 0.3) is 0 Å². The molecule has 238 valence electrons. The average Bonchev–Trinajstić information content (AvgIpc) is 3.56. The quantitative estimate of drug-likeness (QED) is 0.174. The molecule has 1 fully saturated rings. The average molecular weight is 620 g/mol. The highest BCUT2D eigenvalue weighted by atomic mass is 16.2. The fourth-order valence-electron chi connectivity index (χ4n) is 5.63. The first-order valence-electron chi connectivity index (χ1n) is 15.5. The van der Waals surface area contributed by atoms with Crippen LogP contribution in [0.5, 0.6) is 0 Å². The van der Waals surface area contributed by atoms with Crippen molar-refractivity contribution < 1.29 is 14.4 Å². The molecule has 0 aliphatic carbocycles. The van der Waals surface area contributed by atoms with Gasteiger partial charge in [-0.05, 0) is 71.8 Å². The first-order chi connectivity index (χ1) is 22.2. The maximum Gasteiger partial charge on any atom is 0.247 e. The molecule has 10 heteroatoms. The predicted molar refractivity (Wildman–Crippen MR) is 181 cm³/mol. The Morgan fingerprint density at radius 1 is 0.891 bits per heavy atom. The second-order valence-electron chi connectivity index (χ2n) is 12.5. The van der Waals surface area contributed by atoms with Crippen molar-refractivity contribution in [1.29, 1.82) is 0 Å². The second-order valence-corrected chi connectivity index (χ2v) is 12.5. The fraction of sp³-hybridized carbons (Fsp3) is 0.306. The van der Waals surface area contributed by atoms with E-state index in [9.17, 15) is 14.4 Å². The van der Waals surface area contributed by atoms with Crippen LogP contribution >= 0.6 is 0 Å². The van der Waals surface area contributed by atoms with E-state index in [0.717, 1.165) is 28.9 Å². The molecule has 2 atom stereocenters. The number of aromatic nitrogens is 2. The number of hydrogen-bond donors (Lipinski definition) is 3. The number of carbonyl (C=O) groups is 3. The van der Waals surface area contributed by atoms with Gasteiger partial charge in [0.1, 0.15) is 12.1 Å². The first-order valence-corrected chi connectivity index (χ1v) is 15.5. The Kier molecular flexibility index (Phi) is 10.3. The third kappa shape index (κ3) is 8.26. The van der Waals surface area contributed by atoms with Crippen LogP contribution in [0.25, 0.3) is 0 Å². The van der Waals surface area contributed by atoms with Gasteiger partial charge in [0.05, 0.1) is 0 Å². The lowest BCUT2D eigenvalue weighted by Gasteiger charge is -2.35. The van der Waals surface area contributed by atoms with Gasteiger partial charge in [-0.3, -0.25) is 14.4 Å². The van der Waals surface area contributed by atoms with Gasteiger partial charge in [0.2, 0.25) is 24.2 Å². The molecule has 1 saturated heterocycles. The summed E-state index contributed by atoms with van der Waals surface area (Å²) < 4.78 is 0. The largest absolute Gasteiger partial charge is 0.363 e. The zero-order valence-electron chi connectivity index (χ0n) is 26.5. The number of hydrogen-bond acceptors (Lipinski definition) is 7. The van der Waals surface area contributed by atoms with Gasteiger partial charge in [0.15, 0.2) is 0 Å². The molecule has 3 N–H and O–H groups in total. The molecule has 1 aliphatic heterocycles. The number of amides is 3. The molecule has 46 heavy (non-hydrogen) atoms. The molecule has 1 aliphatic rings. The van der Waals surface area contributed by atoms with E-state index in [0.29, 0.717) is 44.1 Å². The van der Waals surface area contributed by atoms with E-state index in [1.165, 1.54) is 0 Å². The predicted octanol–water partition coefficient (Wildman–Crippen LogP) is 5.71. The van der Waals surface area contributed by atoms with Gasteiger partial charge in [-0.2, -0.15) is 0 Å². The van der Waals surface area contributed by atoms with Gasteiger partial charge in [-0.1, -0.05) is 63.2 Å². The standard InChI is InChI=1S/C36H41N7O3/c1-36(2,3)32(41-35-37-20-8-21-38-35)34(46)43-22-7-11-31(43)33(45)40-29-18-14-27(15-19-29)24-42(30-9-5-4-6-10-30)23-26-12-16-28(17-13-26)39-25-44/h4-6,8-10,12-21,25,31-32H,7,11,22-24H2,1-3H3,(H,39,44)(H,40,45)(H,37,38,41)/t31?,32-/m1/s1. The van der Waals surface area contributed by atoms with Crippen molar-refractivity contribution >= 4 is 41.2 Å². The molecule has 3 amide bonds. The summed E-state index contributed by atoms with van der Waals surface area (Å²) in [5.74, 6) is 0.0518. The highest BCUT2D eigenvalue weighted by molar-refractivity contribution is 5.98. The number of benzene rings is 3. The lowest BCUT2D eigenvalue weighted by atomic mass is 9.85. The maximum atomic E-state index is 13.8. The highest BCUT2D eigenvalue weighted by Crippen LogP contribution is 2.28. The molecule has 3 aromatic carbocycles. The molecule has 0 bridgehead atoms. The van der Waals surface area contributed by atoms with E-state index in [1.54, 1.807) is 23.4 Å². The Bertz CT molecular complexity index is 1590. The molecule has 0 spiro atoms. The van der Waals surface area contributed by atoms with Crippen LogP contribution in [0.15, 0.2) is 97.3 Å². The van der Waals surface area contributed by atoms with Gasteiger partial charge < -0.3 is 25.8 Å². The minimum absolute atomic E-state index is 0.136. The summed E-state index contributed by atoms with van der Waals surface area (Å²) >= 11 is 0. The number of likely N-dealkylation sites (tertiary alicyclic amines) is 1. The number of anilines is 4. The van der Waals surface area contributed by atoms with Crippen LogP contribution in [0.1, 0.15) is 44.7 Å². The van der Waals surface area contributed by atoms with Crippen LogP contribution < -0.4 is 20.9 Å². The van der Waals surface area contributed by atoms with Crippen LogP contribution in [0.4, 0.5) is 23.0 Å². The third-order valence-electron chi connectivity index (χ3n) is 8.06. The van der Waals surface area contributed by atoms with Crippen molar-refractivity contribution in [2.75, 3.05) is 27.4 Å². The zero-order chi connectivity index (χ0) is 32.5. The minimum atomic E-state index is -0.596. The monoisotopic (exact) mass is 619 g/mol. The Labute approximate surface area is 270 Å². The van der Waals surface area contributed by atoms with E-state index in [2.05, 4.69) is 43.0 Å². The molecule has 2 heterocycles. The van der Waals surface area contributed by atoms with E-state index >= 15 is 0 Å². The molecular formula is C36H41N7O3.